The standard InChI is InChI=1S/C14H11F4N/c1-19-10-5-2-4-9(8-10)11-6-3-7-12(13(11)15)14(16,17)18/h2-8,19H,1H3. The predicted molar refractivity (Wildman–Crippen MR) is 66.4 cm³/mol. The molecule has 0 amide bonds. The molecule has 0 spiro atoms. The van der Waals surface area contributed by atoms with E-state index in [2.05, 4.69) is 5.32 Å². The number of rotatable bonds is 2. The zero-order valence-electron chi connectivity index (χ0n) is 10.1. The third-order valence-electron chi connectivity index (χ3n) is 2.77. The van der Waals surface area contributed by atoms with E-state index in [0.29, 0.717) is 11.3 Å². The van der Waals surface area contributed by atoms with Gasteiger partial charge in [-0.15, -0.1) is 0 Å². The van der Waals surface area contributed by atoms with Gasteiger partial charge in [-0.3, -0.25) is 0 Å². The first-order valence-corrected chi connectivity index (χ1v) is 5.57. The van der Waals surface area contributed by atoms with Crippen LogP contribution < -0.4 is 5.32 Å². The summed E-state index contributed by atoms with van der Waals surface area (Å²) in [5.41, 5.74) is -0.212. The van der Waals surface area contributed by atoms with Gasteiger partial charge in [0.25, 0.3) is 0 Å². The van der Waals surface area contributed by atoms with Crippen molar-refractivity contribution in [3.05, 3.63) is 53.8 Å². The Morgan fingerprint density at radius 3 is 2.32 bits per heavy atom. The van der Waals surface area contributed by atoms with E-state index >= 15 is 0 Å². The first kappa shape index (κ1) is 13.4. The molecule has 2 rings (SSSR count). The highest BCUT2D eigenvalue weighted by Gasteiger charge is 2.34. The van der Waals surface area contributed by atoms with Gasteiger partial charge in [-0.2, -0.15) is 13.2 Å². The van der Waals surface area contributed by atoms with Crippen LogP contribution >= 0.6 is 0 Å². The predicted octanol–water partition coefficient (Wildman–Crippen LogP) is 4.55. The van der Waals surface area contributed by atoms with Crippen LogP contribution in [-0.2, 0) is 6.18 Å². The van der Waals surface area contributed by atoms with E-state index in [9.17, 15) is 17.6 Å². The summed E-state index contributed by atoms with van der Waals surface area (Å²) in [7, 11) is 1.68. The SMILES string of the molecule is CNc1cccc(-c2cccc(C(F)(F)F)c2F)c1. The molecule has 0 saturated carbocycles. The van der Waals surface area contributed by atoms with Gasteiger partial charge in [0, 0.05) is 18.3 Å². The fourth-order valence-electron chi connectivity index (χ4n) is 1.82. The average molecular weight is 269 g/mol. The molecule has 0 heterocycles. The van der Waals surface area contributed by atoms with Gasteiger partial charge in [0.15, 0.2) is 0 Å². The van der Waals surface area contributed by atoms with Crippen LogP contribution in [-0.4, -0.2) is 7.05 Å². The van der Waals surface area contributed by atoms with Crippen LogP contribution in [0.15, 0.2) is 42.5 Å². The Balaban J connectivity index is 2.57. The Morgan fingerprint density at radius 1 is 1.00 bits per heavy atom. The average Bonchev–Trinajstić information content (AvgIpc) is 2.37. The third kappa shape index (κ3) is 2.70. The second-order valence-electron chi connectivity index (χ2n) is 4.00. The van der Waals surface area contributed by atoms with E-state index in [0.717, 1.165) is 6.07 Å². The molecule has 0 fully saturated rings. The summed E-state index contributed by atoms with van der Waals surface area (Å²) in [4.78, 5) is 0. The second-order valence-corrected chi connectivity index (χ2v) is 4.00. The van der Waals surface area contributed by atoms with Gasteiger partial charge >= 0.3 is 6.18 Å². The molecular formula is C14H11F4N. The Kier molecular flexibility index (Phi) is 3.46. The van der Waals surface area contributed by atoms with E-state index in [4.69, 9.17) is 0 Å². The normalized spacial score (nSPS) is 11.4. The zero-order valence-corrected chi connectivity index (χ0v) is 10.1. The smallest absolute Gasteiger partial charge is 0.388 e. The maximum absolute atomic E-state index is 13.9. The van der Waals surface area contributed by atoms with Crippen molar-refractivity contribution in [3.63, 3.8) is 0 Å². The lowest BCUT2D eigenvalue weighted by molar-refractivity contribution is -0.139. The van der Waals surface area contributed by atoms with Crippen LogP contribution in [0.2, 0.25) is 0 Å². The van der Waals surface area contributed by atoms with Crippen molar-refractivity contribution in [1.29, 1.82) is 0 Å². The fraction of sp³-hybridized carbons (Fsp3) is 0.143. The molecule has 0 aliphatic carbocycles. The summed E-state index contributed by atoms with van der Waals surface area (Å²) in [6.45, 7) is 0. The van der Waals surface area contributed by atoms with Gasteiger partial charge in [-0.05, 0) is 23.8 Å². The Morgan fingerprint density at radius 2 is 1.68 bits per heavy atom. The summed E-state index contributed by atoms with van der Waals surface area (Å²) < 4.78 is 51.9. The molecule has 0 aliphatic heterocycles. The first-order chi connectivity index (χ1) is 8.93. The monoisotopic (exact) mass is 269 g/mol. The minimum absolute atomic E-state index is 0.0630. The van der Waals surface area contributed by atoms with E-state index in [1.165, 1.54) is 12.1 Å². The van der Waals surface area contributed by atoms with Crippen LogP contribution in [0.25, 0.3) is 11.1 Å². The molecule has 0 aliphatic rings. The molecule has 0 unspecified atom stereocenters. The molecule has 0 saturated heterocycles. The Hall–Kier alpha value is -2.04. The zero-order chi connectivity index (χ0) is 14.0. The third-order valence-corrected chi connectivity index (χ3v) is 2.77. The molecule has 19 heavy (non-hydrogen) atoms. The highest BCUT2D eigenvalue weighted by molar-refractivity contribution is 5.69. The van der Waals surface area contributed by atoms with Crippen molar-refractivity contribution in [2.24, 2.45) is 0 Å². The minimum atomic E-state index is -4.69. The van der Waals surface area contributed by atoms with Crippen LogP contribution in [0, 0.1) is 5.82 Å². The lowest BCUT2D eigenvalue weighted by Crippen LogP contribution is -2.08. The van der Waals surface area contributed by atoms with Crippen molar-refractivity contribution in [3.8, 4) is 11.1 Å². The second kappa shape index (κ2) is 4.91. The Bertz CT molecular complexity index is 590. The van der Waals surface area contributed by atoms with E-state index in [-0.39, 0.29) is 5.56 Å². The number of halogens is 4. The van der Waals surface area contributed by atoms with Crippen molar-refractivity contribution < 1.29 is 17.6 Å². The number of benzene rings is 2. The number of hydrogen-bond donors (Lipinski definition) is 1. The van der Waals surface area contributed by atoms with Crippen LogP contribution in [0.3, 0.4) is 0 Å². The molecule has 0 radical (unpaired) electrons. The van der Waals surface area contributed by atoms with Gasteiger partial charge < -0.3 is 5.32 Å². The molecule has 1 nitrogen and oxygen atoms in total. The van der Waals surface area contributed by atoms with Gasteiger partial charge in [0.05, 0.1) is 5.56 Å². The van der Waals surface area contributed by atoms with E-state index < -0.39 is 17.6 Å². The summed E-state index contributed by atoms with van der Waals surface area (Å²) in [6, 6.07) is 9.83. The number of alkyl halides is 3. The van der Waals surface area contributed by atoms with E-state index in [1.54, 1.807) is 31.3 Å². The first-order valence-electron chi connectivity index (χ1n) is 5.57. The lowest BCUT2D eigenvalue weighted by Gasteiger charge is -2.12. The molecule has 0 aromatic heterocycles. The number of anilines is 1. The molecule has 2 aromatic carbocycles. The van der Waals surface area contributed by atoms with Crippen LogP contribution in [0.5, 0.6) is 0 Å². The molecule has 0 atom stereocenters. The molecule has 2 aromatic rings. The minimum Gasteiger partial charge on any atom is -0.388 e. The highest BCUT2D eigenvalue weighted by Crippen LogP contribution is 2.35. The fourth-order valence-corrected chi connectivity index (χ4v) is 1.82. The molecule has 5 heteroatoms. The largest absolute Gasteiger partial charge is 0.419 e. The van der Waals surface area contributed by atoms with Crippen LogP contribution in [0.4, 0.5) is 23.2 Å². The molecule has 0 bridgehead atoms. The van der Waals surface area contributed by atoms with Gasteiger partial charge in [0.2, 0.25) is 0 Å². The number of nitrogens with one attached hydrogen (secondary N) is 1. The quantitative estimate of drug-likeness (QED) is 0.788. The van der Waals surface area contributed by atoms with Gasteiger partial charge in [-0.25, -0.2) is 4.39 Å². The summed E-state index contributed by atoms with van der Waals surface area (Å²) in [5.74, 6) is -1.25. The topological polar surface area (TPSA) is 12.0 Å². The van der Waals surface area contributed by atoms with Crippen molar-refractivity contribution in [2.75, 3.05) is 12.4 Å². The maximum Gasteiger partial charge on any atom is 0.419 e. The Labute approximate surface area is 107 Å². The molecule has 1 N–H and O–H groups in total. The highest BCUT2D eigenvalue weighted by atomic mass is 19.4. The lowest BCUT2D eigenvalue weighted by atomic mass is 10.0. The summed E-state index contributed by atoms with van der Waals surface area (Å²) in [5, 5.41) is 2.86. The van der Waals surface area contributed by atoms with E-state index in [1.807, 2.05) is 0 Å². The van der Waals surface area contributed by atoms with Gasteiger partial charge in [0.1, 0.15) is 5.82 Å². The summed E-state index contributed by atoms with van der Waals surface area (Å²) >= 11 is 0. The maximum atomic E-state index is 13.9. The van der Waals surface area contributed by atoms with Crippen molar-refractivity contribution >= 4 is 5.69 Å². The van der Waals surface area contributed by atoms with Crippen molar-refractivity contribution in [1.82, 2.24) is 0 Å². The summed E-state index contributed by atoms with van der Waals surface area (Å²) in [6.07, 6.45) is -4.69. The van der Waals surface area contributed by atoms with Crippen molar-refractivity contribution in [2.45, 2.75) is 6.18 Å². The van der Waals surface area contributed by atoms with Gasteiger partial charge in [-0.1, -0.05) is 24.3 Å². The molecular weight excluding hydrogens is 258 g/mol. The van der Waals surface area contributed by atoms with Crippen LogP contribution in [0.1, 0.15) is 5.56 Å². The number of hydrogen-bond acceptors (Lipinski definition) is 1. The molecule has 100 valence electrons.